The lowest BCUT2D eigenvalue weighted by molar-refractivity contribution is 0.0920. The average molecular weight is 174 g/mol. The van der Waals surface area contributed by atoms with E-state index < -0.39 is 0 Å². The van der Waals surface area contributed by atoms with Gasteiger partial charge in [0.2, 0.25) is 0 Å². The minimum Gasteiger partial charge on any atom is -0.293 e. The molecule has 1 nitrogen and oxygen atoms in total. The van der Waals surface area contributed by atoms with Crippen LogP contribution in [0.3, 0.4) is 0 Å². The molecule has 13 heavy (non-hydrogen) atoms. The Morgan fingerprint density at radius 3 is 2.85 bits per heavy atom. The lowest BCUT2D eigenvalue weighted by Crippen LogP contribution is -2.26. The second-order valence-electron chi connectivity index (χ2n) is 3.65. The monoisotopic (exact) mass is 174 g/mol. The molecule has 0 saturated carbocycles. The molecule has 0 heterocycles. The molecule has 1 atom stereocenters. The summed E-state index contributed by atoms with van der Waals surface area (Å²) >= 11 is 0. The van der Waals surface area contributed by atoms with Crippen molar-refractivity contribution in [2.24, 2.45) is 0 Å². The van der Waals surface area contributed by atoms with Crippen molar-refractivity contribution in [3.8, 4) is 0 Å². The fourth-order valence-corrected chi connectivity index (χ4v) is 1.97. The zero-order chi connectivity index (χ0) is 9.26. The fraction of sp³-hybridized carbons (Fsp3) is 0.417. The predicted molar refractivity (Wildman–Crippen MR) is 53.0 cm³/mol. The van der Waals surface area contributed by atoms with E-state index in [0.717, 1.165) is 18.4 Å². The van der Waals surface area contributed by atoms with Crippen molar-refractivity contribution in [2.45, 2.75) is 32.1 Å². The van der Waals surface area contributed by atoms with Gasteiger partial charge >= 0.3 is 0 Å². The van der Waals surface area contributed by atoms with E-state index in [0.29, 0.717) is 5.78 Å². The minimum absolute atomic E-state index is 0.219. The number of rotatable bonds is 3. The Morgan fingerprint density at radius 1 is 1.31 bits per heavy atom. The molecule has 1 aliphatic carbocycles. The number of benzene rings is 1. The zero-order valence-electron chi connectivity index (χ0n) is 7.92. The maximum atomic E-state index is 11.6. The van der Waals surface area contributed by atoms with Gasteiger partial charge in [-0.15, -0.1) is 0 Å². The molecule has 1 aromatic carbocycles. The van der Waals surface area contributed by atoms with Gasteiger partial charge in [-0.25, -0.2) is 0 Å². The third kappa shape index (κ3) is 1.28. The van der Waals surface area contributed by atoms with Crippen LogP contribution in [-0.2, 0) is 0 Å². The summed E-state index contributed by atoms with van der Waals surface area (Å²) in [5.74, 6) is 0.570. The van der Waals surface area contributed by atoms with Gasteiger partial charge in [0.25, 0.3) is 0 Å². The van der Waals surface area contributed by atoms with Crippen LogP contribution in [0.5, 0.6) is 0 Å². The van der Waals surface area contributed by atoms with E-state index in [2.05, 4.69) is 13.0 Å². The van der Waals surface area contributed by atoms with Crippen LogP contribution in [0.1, 0.15) is 48.0 Å². The zero-order valence-corrected chi connectivity index (χ0v) is 7.92. The van der Waals surface area contributed by atoms with Gasteiger partial charge in [-0.1, -0.05) is 44.0 Å². The summed E-state index contributed by atoms with van der Waals surface area (Å²) in [6, 6.07) is 7.97. The molecule has 0 spiro atoms. The van der Waals surface area contributed by atoms with Crippen molar-refractivity contribution < 1.29 is 4.79 Å². The van der Waals surface area contributed by atoms with E-state index in [1.54, 1.807) is 0 Å². The highest BCUT2D eigenvalue weighted by Gasteiger charge is 2.34. The quantitative estimate of drug-likeness (QED) is 0.688. The van der Waals surface area contributed by atoms with Gasteiger partial charge in [-0.2, -0.15) is 0 Å². The van der Waals surface area contributed by atoms with Gasteiger partial charge in [0.05, 0.1) is 0 Å². The van der Waals surface area contributed by atoms with Gasteiger partial charge in [-0.05, 0) is 12.0 Å². The van der Waals surface area contributed by atoms with Crippen LogP contribution < -0.4 is 0 Å². The SMILES string of the molecule is CCCCC1C(=O)c2ccccc21. The highest BCUT2D eigenvalue weighted by atomic mass is 16.1. The maximum absolute atomic E-state index is 11.6. The number of hydrogen-bond acceptors (Lipinski definition) is 1. The summed E-state index contributed by atoms with van der Waals surface area (Å²) in [6.07, 6.45) is 3.36. The first-order valence-corrected chi connectivity index (χ1v) is 4.97. The summed E-state index contributed by atoms with van der Waals surface area (Å²) in [4.78, 5) is 11.6. The summed E-state index contributed by atoms with van der Waals surface area (Å²) in [7, 11) is 0. The molecule has 0 radical (unpaired) electrons. The maximum Gasteiger partial charge on any atom is 0.170 e. The topological polar surface area (TPSA) is 17.1 Å². The van der Waals surface area contributed by atoms with Crippen LogP contribution >= 0.6 is 0 Å². The molecule has 68 valence electrons. The summed E-state index contributed by atoms with van der Waals surface area (Å²) in [5.41, 5.74) is 2.21. The highest BCUT2D eigenvalue weighted by molar-refractivity contribution is 6.10. The summed E-state index contributed by atoms with van der Waals surface area (Å²) in [6.45, 7) is 2.16. The standard InChI is InChI=1S/C12H14O/c1-2-3-6-10-9-7-4-5-8-11(9)12(10)13/h4-5,7-8,10H,2-3,6H2,1H3. The first kappa shape index (κ1) is 8.49. The Hall–Kier alpha value is -1.11. The van der Waals surface area contributed by atoms with Crippen LogP contribution in [-0.4, -0.2) is 5.78 Å². The molecule has 1 unspecified atom stereocenters. The van der Waals surface area contributed by atoms with Crippen LogP contribution in [0.25, 0.3) is 0 Å². The Bertz CT molecular complexity index is 328. The average Bonchev–Trinajstić information content (AvgIpc) is 2.18. The normalized spacial score (nSPS) is 19.5. The third-order valence-electron chi connectivity index (χ3n) is 2.76. The summed E-state index contributed by atoms with van der Waals surface area (Å²) < 4.78 is 0. The molecule has 1 heteroatoms. The number of hydrogen-bond donors (Lipinski definition) is 0. The van der Waals surface area contributed by atoms with E-state index >= 15 is 0 Å². The van der Waals surface area contributed by atoms with Crippen molar-refractivity contribution in [2.75, 3.05) is 0 Å². The molecule has 0 saturated heterocycles. The van der Waals surface area contributed by atoms with Crippen LogP contribution in [0.2, 0.25) is 0 Å². The molecule has 2 rings (SSSR count). The molecule has 0 N–H and O–H groups in total. The van der Waals surface area contributed by atoms with Gasteiger partial charge in [0.15, 0.2) is 5.78 Å². The van der Waals surface area contributed by atoms with Crippen molar-refractivity contribution in [1.82, 2.24) is 0 Å². The third-order valence-corrected chi connectivity index (χ3v) is 2.76. The Labute approximate surface area is 78.8 Å². The Balaban J connectivity index is 2.15. The molecule has 0 bridgehead atoms. The lowest BCUT2D eigenvalue weighted by Gasteiger charge is -2.28. The van der Waals surface area contributed by atoms with Gasteiger partial charge < -0.3 is 0 Å². The second-order valence-corrected chi connectivity index (χ2v) is 3.65. The number of carbonyl (C=O) groups is 1. The van der Waals surface area contributed by atoms with Crippen molar-refractivity contribution in [3.05, 3.63) is 35.4 Å². The highest BCUT2D eigenvalue weighted by Crippen LogP contribution is 2.37. The minimum atomic E-state index is 0.219. The number of unbranched alkanes of at least 4 members (excludes halogenated alkanes) is 1. The number of ketones is 1. The Kier molecular flexibility index (Phi) is 2.17. The van der Waals surface area contributed by atoms with Crippen LogP contribution in [0.4, 0.5) is 0 Å². The molecule has 0 amide bonds. The van der Waals surface area contributed by atoms with E-state index in [1.165, 1.54) is 12.0 Å². The van der Waals surface area contributed by atoms with E-state index in [-0.39, 0.29) is 5.92 Å². The molecule has 1 aliphatic rings. The molecule has 0 aliphatic heterocycles. The van der Waals surface area contributed by atoms with Crippen molar-refractivity contribution in [3.63, 3.8) is 0 Å². The smallest absolute Gasteiger partial charge is 0.170 e. The van der Waals surface area contributed by atoms with Crippen molar-refractivity contribution in [1.29, 1.82) is 0 Å². The molecule has 1 aromatic rings. The first-order chi connectivity index (χ1) is 6.34. The fourth-order valence-electron chi connectivity index (χ4n) is 1.97. The van der Waals surface area contributed by atoms with Crippen LogP contribution in [0.15, 0.2) is 24.3 Å². The molecule has 0 aromatic heterocycles. The van der Waals surface area contributed by atoms with E-state index in [9.17, 15) is 4.79 Å². The molecular formula is C12H14O. The van der Waals surface area contributed by atoms with Crippen LogP contribution in [0, 0.1) is 0 Å². The number of fused-ring (bicyclic) bond motifs is 1. The molecule has 0 fully saturated rings. The predicted octanol–water partition coefficient (Wildman–Crippen LogP) is 3.16. The van der Waals surface area contributed by atoms with Gasteiger partial charge in [0.1, 0.15) is 0 Å². The lowest BCUT2D eigenvalue weighted by atomic mass is 9.74. The van der Waals surface area contributed by atoms with Crippen molar-refractivity contribution >= 4 is 5.78 Å². The largest absolute Gasteiger partial charge is 0.293 e. The number of Topliss-reactive ketones (excluding diaryl/α,β-unsaturated/α-hetero) is 1. The first-order valence-electron chi connectivity index (χ1n) is 4.97. The second kappa shape index (κ2) is 3.33. The van der Waals surface area contributed by atoms with E-state index in [1.807, 2.05) is 18.2 Å². The van der Waals surface area contributed by atoms with Gasteiger partial charge in [-0.3, -0.25) is 4.79 Å². The Morgan fingerprint density at radius 2 is 2.08 bits per heavy atom. The summed E-state index contributed by atoms with van der Waals surface area (Å²) in [5, 5.41) is 0. The van der Waals surface area contributed by atoms with Gasteiger partial charge in [0, 0.05) is 11.5 Å². The number of carbonyl (C=O) groups excluding carboxylic acids is 1. The van der Waals surface area contributed by atoms with E-state index in [4.69, 9.17) is 0 Å². The molecular weight excluding hydrogens is 160 g/mol.